The van der Waals surface area contributed by atoms with Crippen LogP contribution in [-0.4, -0.2) is 42.4 Å². The second kappa shape index (κ2) is 5.07. The maximum atomic E-state index is 9.96. The highest BCUT2D eigenvalue weighted by molar-refractivity contribution is 5.34. The topological polar surface area (TPSA) is 32.7 Å². The molecule has 17 heavy (non-hydrogen) atoms. The Morgan fingerprint density at radius 2 is 2.06 bits per heavy atom. The number of likely N-dealkylation sites (N-methyl/N-ethyl adjacent to an activating group) is 1. The summed E-state index contributed by atoms with van der Waals surface area (Å²) in [7, 11) is 2.02. The van der Waals surface area contributed by atoms with Crippen LogP contribution in [0.3, 0.4) is 0 Å². The van der Waals surface area contributed by atoms with Gasteiger partial charge in [0, 0.05) is 13.1 Å². The first kappa shape index (κ1) is 12.4. The summed E-state index contributed by atoms with van der Waals surface area (Å²) >= 11 is 0. The lowest BCUT2D eigenvalue weighted by Crippen LogP contribution is -2.47. The van der Waals surface area contributed by atoms with E-state index in [2.05, 4.69) is 24.8 Å². The number of aliphatic hydroxyl groups is 1. The molecule has 3 nitrogen and oxygen atoms in total. The van der Waals surface area contributed by atoms with E-state index in [0.717, 1.165) is 18.7 Å². The van der Waals surface area contributed by atoms with Crippen LogP contribution in [0.15, 0.2) is 18.2 Å². The van der Waals surface area contributed by atoms with Gasteiger partial charge >= 0.3 is 0 Å². The summed E-state index contributed by atoms with van der Waals surface area (Å²) in [6.07, 6.45) is 0.411. The number of ether oxygens (including phenoxy) is 1. The smallest absolute Gasteiger partial charge is 0.127 e. The third-order valence-corrected chi connectivity index (χ3v) is 3.49. The maximum absolute atomic E-state index is 9.96. The minimum atomic E-state index is -0.393. The fourth-order valence-electron chi connectivity index (χ4n) is 2.17. The van der Waals surface area contributed by atoms with Crippen molar-refractivity contribution in [3.63, 3.8) is 0 Å². The molecule has 1 fully saturated rings. The first-order chi connectivity index (χ1) is 8.06. The molecule has 0 aromatic heterocycles. The van der Waals surface area contributed by atoms with Crippen molar-refractivity contribution >= 4 is 0 Å². The van der Waals surface area contributed by atoms with Crippen LogP contribution < -0.4 is 4.74 Å². The predicted octanol–water partition coefficient (Wildman–Crippen LogP) is 1.75. The number of aliphatic hydroxyl groups excluding tert-OH is 1. The van der Waals surface area contributed by atoms with E-state index in [4.69, 9.17) is 4.74 Å². The molecule has 2 rings (SSSR count). The van der Waals surface area contributed by atoms with Gasteiger partial charge < -0.3 is 14.7 Å². The molecular weight excluding hydrogens is 214 g/mol. The summed E-state index contributed by atoms with van der Waals surface area (Å²) in [6, 6.07) is 6.08. The molecule has 1 heterocycles. The number of rotatable bonds is 2. The Morgan fingerprint density at radius 1 is 1.29 bits per heavy atom. The van der Waals surface area contributed by atoms with Gasteiger partial charge in [-0.15, -0.1) is 0 Å². The van der Waals surface area contributed by atoms with Crippen LogP contribution in [0, 0.1) is 13.8 Å². The largest absolute Gasteiger partial charge is 0.488 e. The molecule has 0 bridgehead atoms. The van der Waals surface area contributed by atoms with E-state index in [0.29, 0.717) is 6.54 Å². The van der Waals surface area contributed by atoms with E-state index in [1.54, 1.807) is 0 Å². The van der Waals surface area contributed by atoms with Gasteiger partial charge in [0.25, 0.3) is 0 Å². The maximum Gasteiger partial charge on any atom is 0.127 e. The van der Waals surface area contributed by atoms with Crippen LogP contribution in [-0.2, 0) is 0 Å². The minimum absolute atomic E-state index is 0.0756. The van der Waals surface area contributed by atoms with Crippen molar-refractivity contribution in [1.82, 2.24) is 4.90 Å². The summed E-state index contributed by atoms with van der Waals surface area (Å²) in [5.41, 5.74) is 2.49. The molecule has 94 valence electrons. The van der Waals surface area contributed by atoms with Gasteiger partial charge in [-0.1, -0.05) is 6.07 Å². The summed E-state index contributed by atoms with van der Waals surface area (Å²) in [6.45, 7) is 5.83. The molecule has 0 saturated carbocycles. The number of aryl methyl sites for hydroxylation is 2. The second-order valence-electron chi connectivity index (χ2n) is 5.02. The molecule has 0 unspecified atom stereocenters. The number of nitrogens with zero attached hydrogens (tertiary/aromatic N) is 1. The van der Waals surface area contributed by atoms with Crippen molar-refractivity contribution in [3.05, 3.63) is 29.3 Å². The first-order valence-electron chi connectivity index (χ1n) is 6.17. The van der Waals surface area contributed by atoms with E-state index in [9.17, 15) is 5.11 Å². The SMILES string of the molecule is Cc1ccc(O[C@H]2CCN(C)C[C@H]2O)cc1C. The van der Waals surface area contributed by atoms with Crippen molar-refractivity contribution in [2.24, 2.45) is 0 Å². The highest BCUT2D eigenvalue weighted by atomic mass is 16.5. The van der Waals surface area contributed by atoms with Gasteiger partial charge in [-0.25, -0.2) is 0 Å². The molecule has 1 aromatic rings. The fraction of sp³-hybridized carbons (Fsp3) is 0.571. The average molecular weight is 235 g/mol. The summed E-state index contributed by atoms with van der Waals surface area (Å²) in [5.74, 6) is 0.863. The zero-order chi connectivity index (χ0) is 12.4. The van der Waals surface area contributed by atoms with Crippen LogP contribution in [0.25, 0.3) is 0 Å². The van der Waals surface area contributed by atoms with Crippen molar-refractivity contribution in [2.45, 2.75) is 32.5 Å². The molecule has 0 amide bonds. The van der Waals surface area contributed by atoms with E-state index in [-0.39, 0.29) is 6.10 Å². The highest BCUT2D eigenvalue weighted by Crippen LogP contribution is 2.21. The minimum Gasteiger partial charge on any atom is -0.488 e. The molecule has 1 saturated heterocycles. The molecule has 1 aliphatic rings. The zero-order valence-electron chi connectivity index (χ0n) is 10.8. The Hall–Kier alpha value is -1.06. The lowest BCUT2D eigenvalue weighted by molar-refractivity contribution is -0.0182. The average Bonchev–Trinajstić information content (AvgIpc) is 2.27. The van der Waals surface area contributed by atoms with Gasteiger partial charge in [0.1, 0.15) is 18.0 Å². The zero-order valence-corrected chi connectivity index (χ0v) is 10.8. The summed E-state index contributed by atoms with van der Waals surface area (Å²) in [5, 5.41) is 9.96. The monoisotopic (exact) mass is 235 g/mol. The van der Waals surface area contributed by atoms with E-state index in [1.165, 1.54) is 11.1 Å². The Morgan fingerprint density at radius 3 is 2.71 bits per heavy atom. The van der Waals surface area contributed by atoms with Crippen LogP contribution in [0.2, 0.25) is 0 Å². The number of hydrogen-bond donors (Lipinski definition) is 1. The van der Waals surface area contributed by atoms with E-state index >= 15 is 0 Å². The number of piperidine rings is 1. The molecule has 1 N–H and O–H groups in total. The molecule has 0 spiro atoms. The Bertz CT molecular complexity index is 392. The lowest BCUT2D eigenvalue weighted by atomic mass is 10.1. The molecule has 0 aliphatic carbocycles. The summed E-state index contributed by atoms with van der Waals surface area (Å²) in [4.78, 5) is 2.13. The molecule has 2 atom stereocenters. The van der Waals surface area contributed by atoms with Crippen LogP contribution in [0.5, 0.6) is 5.75 Å². The predicted molar refractivity (Wildman–Crippen MR) is 68.5 cm³/mol. The van der Waals surface area contributed by atoms with Gasteiger partial charge in [0.2, 0.25) is 0 Å². The lowest BCUT2D eigenvalue weighted by Gasteiger charge is -2.33. The van der Waals surface area contributed by atoms with Gasteiger partial charge in [0.15, 0.2) is 0 Å². The fourth-order valence-corrected chi connectivity index (χ4v) is 2.17. The Kier molecular flexibility index (Phi) is 3.69. The van der Waals surface area contributed by atoms with Crippen molar-refractivity contribution in [1.29, 1.82) is 0 Å². The van der Waals surface area contributed by atoms with Crippen LogP contribution in [0.4, 0.5) is 0 Å². The van der Waals surface area contributed by atoms with Gasteiger partial charge in [-0.2, -0.15) is 0 Å². The quantitative estimate of drug-likeness (QED) is 0.847. The second-order valence-corrected chi connectivity index (χ2v) is 5.02. The van der Waals surface area contributed by atoms with Crippen molar-refractivity contribution in [2.75, 3.05) is 20.1 Å². The molecule has 1 aliphatic heterocycles. The molecule has 0 radical (unpaired) electrons. The van der Waals surface area contributed by atoms with Gasteiger partial charge in [-0.3, -0.25) is 0 Å². The first-order valence-corrected chi connectivity index (χ1v) is 6.17. The number of hydrogen-bond acceptors (Lipinski definition) is 3. The van der Waals surface area contributed by atoms with Crippen molar-refractivity contribution in [3.8, 4) is 5.75 Å². The number of β-amino-alcohol motifs (C(OH)–C–C–N with tert-alkyl or cyclic N) is 1. The number of likely N-dealkylation sites (tertiary alicyclic amines) is 1. The highest BCUT2D eigenvalue weighted by Gasteiger charge is 2.27. The van der Waals surface area contributed by atoms with Crippen molar-refractivity contribution < 1.29 is 9.84 Å². The molecule has 1 aromatic carbocycles. The van der Waals surface area contributed by atoms with E-state index in [1.807, 2.05) is 19.2 Å². The Balaban J connectivity index is 2.02. The van der Waals surface area contributed by atoms with Gasteiger partial charge in [-0.05, 0) is 50.6 Å². The van der Waals surface area contributed by atoms with Crippen LogP contribution in [0.1, 0.15) is 17.5 Å². The van der Waals surface area contributed by atoms with E-state index < -0.39 is 6.10 Å². The van der Waals surface area contributed by atoms with Crippen LogP contribution >= 0.6 is 0 Å². The summed E-state index contributed by atoms with van der Waals surface area (Å²) < 4.78 is 5.88. The van der Waals surface area contributed by atoms with Gasteiger partial charge in [0.05, 0.1) is 0 Å². The molecular formula is C14H21NO2. The Labute approximate surface area is 103 Å². The standard InChI is InChI=1S/C14H21NO2/c1-10-4-5-12(8-11(10)2)17-14-6-7-15(3)9-13(14)16/h4-5,8,13-14,16H,6-7,9H2,1-3H3/t13-,14+/m1/s1. The number of benzene rings is 1. The molecule has 3 heteroatoms. The third kappa shape index (κ3) is 2.99. The normalized spacial score (nSPS) is 25.9. The third-order valence-electron chi connectivity index (χ3n) is 3.49.